The maximum atomic E-state index is 6.25. The van der Waals surface area contributed by atoms with Gasteiger partial charge in [-0.25, -0.2) is 0 Å². The van der Waals surface area contributed by atoms with E-state index in [9.17, 15) is 0 Å². The highest BCUT2D eigenvalue weighted by molar-refractivity contribution is 4.60. The molecule has 2 heteroatoms. The smallest absolute Gasteiger partial charge is 0.0801 e. The summed E-state index contributed by atoms with van der Waals surface area (Å²) >= 11 is 0. The van der Waals surface area contributed by atoms with E-state index >= 15 is 0 Å². The van der Waals surface area contributed by atoms with Crippen LogP contribution in [0.4, 0.5) is 0 Å². The third-order valence-corrected chi connectivity index (χ3v) is 2.68. The van der Waals surface area contributed by atoms with Crippen molar-refractivity contribution < 1.29 is 4.90 Å². The molecular weight excluding hydrogens is 148 g/mol. The molecule has 1 fully saturated rings. The van der Waals surface area contributed by atoms with Gasteiger partial charge in [0.2, 0.25) is 0 Å². The van der Waals surface area contributed by atoms with E-state index in [-0.39, 0.29) is 0 Å². The average Bonchev–Trinajstić information content (AvgIpc) is 2.57. The molecule has 0 aromatic heterocycles. The minimum Gasteiger partial charge on any atom is -0.512 e. The highest BCUT2D eigenvalue weighted by atomic mass is 15.1. The molecule has 1 heterocycles. The summed E-state index contributed by atoms with van der Waals surface area (Å²) in [5.74, 6) is 1.06. The molecule has 0 saturated carbocycles. The lowest BCUT2D eigenvalue weighted by Gasteiger charge is -2.09. The Morgan fingerprint density at radius 1 is 1.42 bits per heavy atom. The first-order chi connectivity index (χ1) is 5.86. The molecule has 1 rings (SSSR count). The molecule has 2 unspecified atom stereocenters. The number of nitrogens with zero attached hydrogens (tertiary/aromatic N) is 1. The summed E-state index contributed by atoms with van der Waals surface area (Å²) in [6.07, 6.45) is 4.32. The Bertz CT molecular complexity index is 120. The third-order valence-electron chi connectivity index (χ3n) is 2.68. The Kier molecular flexibility index (Phi) is 6.79. The standard InChI is InChI=1S/C9H19N.CN/c1-3-5-9-6-7-10(4-2)8-9;1-2/h9H,3-8H2,1-2H3;/q;-1/p+1. The number of hydrogen-bond acceptors (Lipinski definition) is 1. The molecule has 0 aromatic rings. The van der Waals surface area contributed by atoms with E-state index in [1.807, 2.05) is 4.90 Å². The lowest BCUT2D eigenvalue weighted by atomic mass is 10.0. The number of hydrogen-bond donors (Lipinski definition) is 1. The SMILES string of the molecule is CCCC1CC[NH+](CC)C1.[C-]#N. The van der Waals surface area contributed by atoms with Crippen molar-refractivity contribution in [2.45, 2.75) is 33.1 Å². The van der Waals surface area contributed by atoms with Crippen LogP contribution in [-0.2, 0) is 0 Å². The van der Waals surface area contributed by atoms with Gasteiger partial charge in [0.05, 0.1) is 19.6 Å². The summed E-state index contributed by atoms with van der Waals surface area (Å²) in [5, 5.41) is 6.25. The van der Waals surface area contributed by atoms with Crippen molar-refractivity contribution in [2.24, 2.45) is 5.92 Å². The van der Waals surface area contributed by atoms with Gasteiger partial charge in [0.25, 0.3) is 0 Å². The van der Waals surface area contributed by atoms with Crippen LogP contribution in [0.3, 0.4) is 0 Å². The molecule has 0 spiro atoms. The zero-order chi connectivity index (χ0) is 9.40. The first-order valence-corrected chi connectivity index (χ1v) is 4.92. The number of quaternary nitrogens is 1. The quantitative estimate of drug-likeness (QED) is 0.621. The molecule has 1 aliphatic heterocycles. The number of rotatable bonds is 3. The van der Waals surface area contributed by atoms with Crippen LogP contribution in [0.25, 0.3) is 0 Å². The minimum absolute atomic E-state index is 1.06. The number of likely N-dealkylation sites (tertiary alicyclic amines) is 1. The average molecular weight is 168 g/mol. The van der Waals surface area contributed by atoms with Crippen molar-refractivity contribution in [2.75, 3.05) is 19.6 Å². The molecule has 1 N–H and O–H groups in total. The third kappa shape index (κ3) is 3.73. The van der Waals surface area contributed by atoms with Crippen molar-refractivity contribution in [1.82, 2.24) is 0 Å². The maximum Gasteiger partial charge on any atom is 0.0801 e. The lowest BCUT2D eigenvalue weighted by molar-refractivity contribution is -0.887. The van der Waals surface area contributed by atoms with E-state index in [1.54, 1.807) is 0 Å². The van der Waals surface area contributed by atoms with Crippen LogP contribution < -0.4 is 4.90 Å². The second-order valence-corrected chi connectivity index (χ2v) is 3.50. The van der Waals surface area contributed by atoms with E-state index in [1.165, 1.54) is 38.9 Å². The van der Waals surface area contributed by atoms with Gasteiger partial charge in [-0.3, -0.25) is 0 Å². The Morgan fingerprint density at radius 3 is 2.50 bits per heavy atom. The predicted molar refractivity (Wildman–Crippen MR) is 49.2 cm³/mol. The molecule has 0 aliphatic carbocycles. The minimum atomic E-state index is 1.06. The van der Waals surface area contributed by atoms with Gasteiger partial charge in [-0.2, -0.15) is 0 Å². The van der Waals surface area contributed by atoms with Gasteiger partial charge in [-0.05, 0) is 13.3 Å². The Hall–Kier alpha value is -0.550. The van der Waals surface area contributed by atoms with Crippen LogP contribution in [0, 0.1) is 17.8 Å². The van der Waals surface area contributed by atoms with Crippen LogP contribution in [0.5, 0.6) is 0 Å². The van der Waals surface area contributed by atoms with E-state index < -0.39 is 0 Å². The molecule has 12 heavy (non-hydrogen) atoms. The Labute approximate surface area is 76.2 Å². The molecule has 0 amide bonds. The summed E-state index contributed by atoms with van der Waals surface area (Å²) in [4.78, 5) is 1.82. The van der Waals surface area contributed by atoms with Gasteiger partial charge in [0.1, 0.15) is 0 Å². The van der Waals surface area contributed by atoms with E-state index in [2.05, 4.69) is 13.8 Å². The van der Waals surface area contributed by atoms with E-state index in [4.69, 9.17) is 11.8 Å². The Balaban J connectivity index is 0.000000561. The van der Waals surface area contributed by atoms with Gasteiger partial charge in [-0.15, -0.1) is 0 Å². The first-order valence-electron chi connectivity index (χ1n) is 4.92. The molecular formula is C10H20N2. The summed E-state index contributed by atoms with van der Waals surface area (Å²) in [6, 6.07) is 0. The van der Waals surface area contributed by atoms with Crippen molar-refractivity contribution in [3.63, 3.8) is 0 Å². The summed E-state index contributed by atoms with van der Waals surface area (Å²) in [5.41, 5.74) is 0. The molecule has 0 radical (unpaired) electrons. The second kappa shape index (κ2) is 7.12. The lowest BCUT2D eigenvalue weighted by Crippen LogP contribution is -3.09. The van der Waals surface area contributed by atoms with Crippen LogP contribution in [-0.4, -0.2) is 19.6 Å². The van der Waals surface area contributed by atoms with Gasteiger partial charge in [0, 0.05) is 12.3 Å². The molecule has 70 valence electrons. The summed E-state index contributed by atoms with van der Waals surface area (Å²) < 4.78 is 0. The fraction of sp³-hybridized carbons (Fsp3) is 0.900. The van der Waals surface area contributed by atoms with Crippen molar-refractivity contribution in [3.05, 3.63) is 6.57 Å². The van der Waals surface area contributed by atoms with Crippen LogP contribution in [0.2, 0.25) is 0 Å². The zero-order valence-corrected chi connectivity index (χ0v) is 8.27. The van der Waals surface area contributed by atoms with Gasteiger partial charge in [-0.1, -0.05) is 13.3 Å². The van der Waals surface area contributed by atoms with Crippen LogP contribution in [0.1, 0.15) is 33.1 Å². The van der Waals surface area contributed by atoms with E-state index in [0.717, 1.165) is 5.92 Å². The zero-order valence-electron chi connectivity index (χ0n) is 8.27. The van der Waals surface area contributed by atoms with Crippen LogP contribution >= 0.6 is 0 Å². The fourth-order valence-electron chi connectivity index (χ4n) is 2.00. The van der Waals surface area contributed by atoms with E-state index in [0.29, 0.717) is 0 Å². The second-order valence-electron chi connectivity index (χ2n) is 3.50. The summed E-state index contributed by atoms with van der Waals surface area (Å²) in [6.45, 7) is 13.6. The molecule has 1 aliphatic rings. The molecule has 0 bridgehead atoms. The first kappa shape index (κ1) is 11.4. The molecule has 2 atom stereocenters. The molecule has 0 aromatic carbocycles. The normalized spacial score (nSPS) is 27.7. The number of nitrogens with one attached hydrogen (secondary N) is 1. The largest absolute Gasteiger partial charge is 0.512 e. The predicted octanol–water partition coefficient (Wildman–Crippen LogP) is 0.808. The topological polar surface area (TPSA) is 28.2 Å². The van der Waals surface area contributed by atoms with Crippen LogP contribution in [0.15, 0.2) is 0 Å². The van der Waals surface area contributed by atoms with Crippen molar-refractivity contribution in [1.29, 1.82) is 5.26 Å². The summed E-state index contributed by atoms with van der Waals surface area (Å²) in [7, 11) is 0. The highest BCUT2D eigenvalue weighted by Gasteiger charge is 2.23. The molecule has 1 saturated heterocycles. The van der Waals surface area contributed by atoms with Crippen molar-refractivity contribution >= 4 is 0 Å². The highest BCUT2D eigenvalue weighted by Crippen LogP contribution is 2.10. The van der Waals surface area contributed by atoms with Gasteiger partial charge < -0.3 is 16.7 Å². The maximum absolute atomic E-state index is 6.25. The van der Waals surface area contributed by atoms with Crippen molar-refractivity contribution in [3.8, 4) is 0 Å². The van der Waals surface area contributed by atoms with Gasteiger partial charge in [0.15, 0.2) is 0 Å². The van der Waals surface area contributed by atoms with Gasteiger partial charge >= 0.3 is 0 Å². The fourth-order valence-corrected chi connectivity index (χ4v) is 2.00. The monoisotopic (exact) mass is 168 g/mol. The Morgan fingerprint density at radius 2 is 2.08 bits per heavy atom. The molecule has 2 nitrogen and oxygen atoms in total.